The highest BCUT2D eigenvalue weighted by atomic mass is 35.5. The molecule has 3 amide bonds. The lowest BCUT2D eigenvalue weighted by molar-refractivity contribution is -0.116. The van der Waals surface area contributed by atoms with E-state index in [1.807, 2.05) is 13.0 Å². The second-order valence-electron chi connectivity index (χ2n) is 9.79. The smallest absolute Gasteiger partial charge is 0.272 e. The Hall–Kier alpha value is -4.93. The predicted octanol–water partition coefficient (Wildman–Crippen LogP) is 7.28. The molecule has 1 atom stereocenters. The van der Waals surface area contributed by atoms with Crippen LogP contribution in [0.15, 0.2) is 102 Å². The number of anilines is 2. The lowest BCUT2D eigenvalue weighted by atomic mass is 10.1. The highest BCUT2D eigenvalue weighted by Crippen LogP contribution is 2.33. The topological polar surface area (TPSA) is 115 Å². The van der Waals surface area contributed by atoms with Crippen molar-refractivity contribution in [3.63, 3.8) is 0 Å². The molecule has 0 saturated carbocycles. The van der Waals surface area contributed by atoms with Gasteiger partial charge in [-0.1, -0.05) is 54.9 Å². The van der Waals surface area contributed by atoms with Crippen LogP contribution in [0.2, 0.25) is 5.02 Å². The summed E-state index contributed by atoms with van der Waals surface area (Å²) in [5.74, 6) is 0.136. The number of benzene rings is 4. The highest BCUT2D eigenvalue weighted by Gasteiger charge is 2.21. The number of rotatable bonds is 13. The molecular formula is C35H34ClN3O6S. The Balaban J connectivity index is 1.56. The third kappa shape index (κ3) is 8.83. The molecule has 0 saturated heterocycles. The van der Waals surface area contributed by atoms with Gasteiger partial charge in [-0.2, -0.15) is 0 Å². The van der Waals surface area contributed by atoms with Crippen LogP contribution in [-0.4, -0.2) is 44.3 Å². The molecule has 0 fully saturated rings. The Labute approximate surface area is 277 Å². The van der Waals surface area contributed by atoms with Gasteiger partial charge in [-0.25, -0.2) is 0 Å². The van der Waals surface area contributed by atoms with E-state index in [1.165, 1.54) is 39.2 Å². The highest BCUT2D eigenvalue weighted by molar-refractivity contribution is 8.00. The number of hydrogen-bond acceptors (Lipinski definition) is 7. The van der Waals surface area contributed by atoms with Gasteiger partial charge in [0, 0.05) is 26.7 Å². The monoisotopic (exact) mass is 659 g/mol. The van der Waals surface area contributed by atoms with Crippen LogP contribution < -0.4 is 30.2 Å². The van der Waals surface area contributed by atoms with Crippen LogP contribution in [0.4, 0.5) is 11.4 Å². The number of ether oxygens (including phenoxy) is 3. The molecule has 4 rings (SSSR count). The van der Waals surface area contributed by atoms with Gasteiger partial charge in [0.15, 0.2) is 11.5 Å². The van der Waals surface area contributed by atoms with Gasteiger partial charge in [-0.3, -0.25) is 14.4 Å². The van der Waals surface area contributed by atoms with Crippen LogP contribution in [0.3, 0.4) is 0 Å². The molecule has 0 radical (unpaired) electrons. The first-order valence-electron chi connectivity index (χ1n) is 14.3. The van der Waals surface area contributed by atoms with Crippen LogP contribution in [0, 0.1) is 0 Å². The maximum Gasteiger partial charge on any atom is 0.272 e. The molecule has 0 bridgehead atoms. The molecule has 0 aliphatic rings. The average Bonchev–Trinajstić information content (AvgIpc) is 3.07. The number of nitrogens with one attached hydrogen (secondary N) is 3. The number of thioether (sulfide) groups is 1. The van der Waals surface area contributed by atoms with E-state index in [0.717, 1.165) is 4.90 Å². The molecule has 0 aliphatic heterocycles. The average molecular weight is 660 g/mol. The van der Waals surface area contributed by atoms with Crippen molar-refractivity contribution in [1.29, 1.82) is 0 Å². The summed E-state index contributed by atoms with van der Waals surface area (Å²) in [5, 5.41) is 8.53. The minimum atomic E-state index is -0.561. The molecule has 0 heterocycles. The molecule has 3 N–H and O–H groups in total. The van der Waals surface area contributed by atoms with E-state index in [0.29, 0.717) is 51.2 Å². The van der Waals surface area contributed by atoms with Gasteiger partial charge in [0.2, 0.25) is 5.91 Å². The van der Waals surface area contributed by atoms with E-state index < -0.39 is 17.1 Å². The predicted molar refractivity (Wildman–Crippen MR) is 183 cm³/mol. The maximum absolute atomic E-state index is 13.7. The molecule has 11 heteroatoms. The molecule has 238 valence electrons. The van der Waals surface area contributed by atoms with Crippen molar-refractivity contribution < 1.29 is 28.6 Å². The minimum absolute atomic E-state index is 0.0141. The molecule has 9 nitrogen and oxygen atoms in total. The number of para-hydroxylation sites is 1. The second-order valence-corrected chi connectivity index (χ2v) is 11.5. The lowest BCUT2D eigenvalue weighted by Crippen LogP contribution is -2.30. The molecule has 4 aromatic carbocycles. The zero-order chi connectivity index (χ0) is 33.1. The van der Waals surface area contributed by atoms with Gasteiger partial charge in [-0.05, 0) is 67.1 Å². The van der Waals surface area contributed by atoms with Crippen molar-refractivity contribution in [3.05, 3.63) is 113 Å². The van der Waals surface area contributed by atoms with Crippen LogP contribution in [0.1, 0.15) is 29.3 Å². The molecule has 0 spiro atoms. The van der Waals surface area contributed by atoms with Crippen LogP contribution in [-0.2, 0) is 9.59 Å². The first kappa shape index (κ1) is 34.0. The van der Waals surface area contributed by atoms with Crippen molar-refractivity contribution in [2.45, 2.75) is 23.5 Å². The summed E-state index contributed by atoms with van der Waals surface area (Å²) in [6.45, 7) is 1.91. The molecular weight excluding hydrogens is 626 g/mol. The van der Waals surface area contributed by atoms with Gasteiger partial charge in [0.05, 0.1) is 32.3 Å². The van der Waals surface area contributed by atoms with Gasteiger partial charge in [0.1, 0.15) is 11.4 Å². The van der Waals surface area contributed by atoms with Crippen molar-refractivity contribution in [3.8, 4) is 17.2 Å². The lowest BCUT2D eigenvalue weighted by Gasteiger charge is -2.17. The SMILES string of the molecule is CCC(Sc1cccc(NC(=O)/C(=C\c2cccc(OC)c2OC)NC(=O)c2ccccc2)c1)C(=O)Nc1cc(Cl)ccc1OC. The number of halogens is 1. The van der Waals surface area contributed by atoms with Crippen LogP contribution in [0.5, 0.6) is 17.2 Å². The van der Waals surface area contributed by atoms with Crippen LogP contribution >= 0.6 is 23.4 Å². The van der Waals surface area contributed by atoms with Crippen LogP contribution in [0.25, 0.3) is 6.08 Å². The maximum atomic E-state index is 13.7. The van der Waals surface area contributed by atoms with E-state index in [-0.39, 0.29) is 11.6 Å². The van der Waals surface area contributed by atoms with E-state index in [1.54, 1.807) is 84.9 Å². The Kier molecular flexibility index (Phi) is 12.1. The molecule has 4 aromatic rings. The standard InChI is InChI=1S/C35H34ClN3O6S/c1-5-31(35(42)38-27-20-24(36)17-18-29(27)43-2)46-26-15-10-14-25(21-26)37-34(41)28(39-33(40)22-11-7-6-8-12-22)19-23-13-9-16-30(44-3)32(23)45-4/h6-21,31H,5H2,1-4H3,(H,37,41)(H,38,42)(H,39,40)/b28-19+. The summed E-state index contributed by atoms with van der Waals surface area (Å²) in [6, 6.07) is 25.9. The molecule has 0 aliphatic carbocycles. The zero-order valence-electron chi connectivity index (χ0n) is 25.8. The normalized spacial score (nSPS) is 11.6. The summed E-state index contributed by atoms with van der Waals surface area (Å²) < 4.78 is 16.3. The van der Waals surface area contributed by atoms with Crippen molar-refractivity contribution in [2.24, 2.45) is 0 Å². The first-order chi connectivity index (χ1) is 22.3. The number of methoxy groups -OCH3 is 3. The van der Waals surface area contributed by atoms with E-state index in [2.05, 4.69) is 16.0 Å². The van der Waals surface area contributed by atoms with Crippen molar-refractivity contribution >= 4 is 58.5 Å². The fourth-order valence-corrected chi connectivity index (χ4v) is 5.63. The number of amides is 3. The van der Waals surface area contributed by atoms with Gasteiger partial charge >= 0.3 is 0 Å². The fourth-order valence-electron chi connectivity index (χ4n) is 4.45. The second kappa shape index (κ2) is 16.4. The third-order valence-corrected chi connectivity index (χ3v) is 8.31. The third-order valence-electron chi connectivity index (χ3n) is 6.71. The Bertz CT molecular complexity index is 1730. The number of hydrogen-bond donors (Lipinski definition) is 3. The minimum Gasteiger partial charge on any atom is -0.495 e. The quantitative estimate of drug-likeness (QED) is 0.102. The van der Waals surface area contributed by atoms with Gasteiger partial charge < -0.3 is 30.2 Å². The molecule has 46 heavy (non-hydrogen) atoms. The summed E-state index contributed by atoms with van der Waals surface area (Å²) >= 11 is 7.48. The van der Waals surface area contributed by atoms with Crippen molar-refractivity contribution in [1.82, 2.24) is 5.32 Å². The van der Waals surface area contributed by atoms with E-state index >= 15 is 0 Å². The van der Waals surface area contributed by atoms with Gasteiger partial charge in [0.25, 0.3) is 11.8 Å². The van der Waals surface area contributed by atoms with Gasteiger partial charge in [-0.15, -0.1) is 11.8 Å². The number of carbonyl (C=O) groups excluding carboxylic acids is 3. The zero-order valence-corrected chi connectivity index (χ0v) is 27.3. The number of carbonyl (C=O) groups is 3. The first-order valence-corrected chi connectivity index (χ1v) is 15.5. The largest absolute Gasteiger partial charge is 0.495 e. The van der Waals surface area contributed by atoms with E-state index in [4.69, 9.17) is 25.8 Å². The summed E-state index contributed by atoms with van der Waals surface area (Å²) in [6.07, 6.45) is 2.06. The summed E-state index contributed by atoms with van der Waals surface area (Å²) in [7, 11) is 4.53. The fraction of sp³-hybridized carbons (Fsp3) is 0.171. The molecule has 0 aromatic heterocycles. The Morgan fingerprint density at radius 3 is 2.26 bits per heavy atom. The Morgan fingerprint density at radius 1 is 0.826 bits per heavy atom. The summed E-state index contributed by atoms with van der Waals surface area (Å²) in [5.41, 5.74) is 1.85. The van der Waals surface area contributed by atoms with E-state index in [9.17, 15) is 14.4 Å². The van der Waals surface area contributed by atoms with Crippen molar-refractivity contribution in [2.75, 3.05) is 32.0 Å². The Morgan fingerprint density at radius 2 is 1.57 bits per heavy atom. The molecule has 1 unspecified atom stereocenters. The summed E-state index contributed by atoms with van der Waals surface area (Å²) in [4.78, 5) is 40.7.